The van der Waals surface area contributed by atoms with Gasteiger partial charge in [-0.1, -0.05) is 20.8 Å². The largest absolute Gasteiger partial charge is 0.314 e. The lowest BCUT2D eigenvalue weighted by Gasteiger charge is -2.43. The van der Waals surface area contributed by atoms with Crippen LogP contribution in [0.4, 0.5) is 0 Å². The Morgan fingerprint density at radius 2 is 2.08 bits per heavy atom. The molecule has 0 aromatic heterocycles. The Kier molecular flexibility index (Phi) is 4.20. The van der Waals surface area contributed by atoms with Crippen LogP contribution in [0.2, 0.25) is 0 Å². The molecule has 78 valence electrons. The summed E-state index contributed by atoms with van der Waals surface area (Å²) in [5.74, 6) is 0.896. The SMILES string of the molecule is CCN(C)C1CCC1CNC(C)C. The van der Waals surface area contributed by atoms with E-state index in [9.17, 15) is 0 Å². The van der Waals surface area contributed by atoms with Crippen LogP contribution in [0, 0.1) is 5.92 Å². The molecule has 0 spiro atoms. The van der Waals surface area contributed by atoms with Crippen molar-refractivity contribution in [1.82, 2.24) is 10.2 Å². The van der Waals surface area contributed by atoms with Gasteiger partial charge in [0, 0.05) is 12.1 Å². The van der Waals surface area contributed by atoms with Crippen molar-refractivity contribution < 1.29 is 0 Å². The van der Waals surface area contributed by atoms with E-state index in [-0.39, 0.29) is 0 Å². The lowest BCUT2D eigenvalue weighted by Crippen LogP contribution is -2.49. The molecule has 2 unspecified atom stereocenters. The van der Waals surface area contributed by atoms with Crippen molar-refractivity contribution in [2.45, 2.75) is 45.7 Å². The summed E-state index contributed by atoms with van der Waals surface area (Å²) in [6.45, 7) is 9.06. The molecule has 1 saturated carbocycles. The number of hydrogen-bond acceptors (Lipinski definition) is 2. The standard InChI is InChI=1S/C11H24N2/c1-5-13(4)11-7-6-10(11)8-12-9(2)3/h9-12H,5-8H2,1-4H3. The average molecular weight is 184 g/mol. The van der Waals surface area contributed by atoms with E-state index < -0.39 is 0 Å². The zero-order valence-corrected chi connectivity index (χ0v) is 9.51. The Hall–Kier alpha value is -0.0800. The van der Waals surface area contributed by atoms with Gasteiger partial charge in [-0.25, -0.2) is 0 Å². The summed E-state index contributed by atoms with van der Waals surface area (Å²) < 4.78 is 0. The van der Waals surface area contributed by atoms with Crippen molar-refractivity contribution in [3.63, 3.8) is 0 Å². The summed E-state index contributed by atoms with van der Waals surface area (Å²) in [6.07, 6.45) is 2.81. The molecule has 0 bridgehead atoms. The van der Waals surface area contributed by atoms with Crippen LogP contribution in [-0.4, -0.2) is 37.1 Å². The van der Waals surface area contributed by atoms with Crippen LogP contribution in [0.3, 0.4) is 0 Å². The summed E-state index contributed by atoms with van der Waals surface area (Å²) >= 11 is 0. The van der Waals surface area contributed by atoms with Crippen molar-refractivity contribution in [3.8, 4) is 0 Å². The van der Waals surface area contributed by atoms with Gasteiger partial charge < -0.3 is 10.2 Å². The molecule has 1 N–H and O–H groups in total. The molecule has 2 nitrogen and oxygen atoms in total. The van der Waals surface area contributed by atoms with Crippen LogP contribution >= 0.6 is 0 Å². The van der Waals surface area contributed by atoms with Gasteiger partial charge in [0.1, 0.15) is 0 Å². The molecule has 0 radical (unpaired) electrons. The van der Waals surface area contributed by atoms with Crippen LogP contribution in [0.25, 0.3) is 0 Å². The van der Waals surface area contributed by atoms with Gasteiger partial charge in [-0.05, 0) is 38.9 Å². The Labute approximate surface area is 82.7 Å². The number of nitrogens with zero attached hydrogens (tertiary/aromatic N) is 1. The summed E-state index contributed by atoms with van der Waals surface area (Å²) in [4.78, 5) is 2.48. The topological polar surface area (TPSA) is 15.3 Å². The third-order valence-corrected chi connectivity index (χ3v) is 3.23. The van der Waals surface area contributed by atoms with Crippen molar-refractivity contribution in [3.05, 3.63) is 0 Å². The van der Waals surface area contributed by atoms with Gasteiger partial charge in [-0.15, -0.1) is 0 Å². The molecule has 2 heteroatoms. The lowest BCUT2D eigenvalue weighted by molar-refractivity contribution is 0.0870. The normalized spacial score (nSPS) is 28.2. The minimum Gasteiger partial charge on any atom is -0.314 e. The highest BCUT2D eigenvalue weighted by Gasteiger charge is 2.32. The van der Waals surface area contributed by atoms with Crippen LogP contribution in [0.1, 0.15) is 33.6 Å². The van der Waals surface area contributed by atoms with Crippen LogP contribution in [0.5, 0.6) is 0 Å². The maximum Gasteiger partial charge on any atom is 0.0133 e. The molecule has 1 aliphatic carbocycles. The van der Waals surface area contributed by atoms with Gasteiger partial charge in [0.2, 0.25) is 0 Å². The van der Waals surface area contributed by atoms with Crippen LogP contribution in [0.15, 0.2) is 0 Å². The molecule has 0 aromatic rings. The highest BCUT2D eigenvalue weighted by atomic mass is 15.1. The van der Waals surface area contributed by atoms with Crippen molar-refractivity contribution in [2.75, 3.05) is 20.1 Å². The third-order valence-electron chi connectivity index (χ3n) is 3.23. The molecule has 0 heterocycles. The van der Waals surface area contributed by atoms with Gasteiger partial charge in [-0.2, -0.15) is 0 Å². The molecule has 0 aliphatic heterocycles. The summed E-state index contributed by atoms with van der Waals surface area (Å²) in [5, 5.41) is 3.53. The number of rotatable bonds is 5. The van der Waals surface area contributed by atoms with Crippen molar-refractivity contribution in [1.29, 1.82) is 0 Å². The highest BCUT2D eigenvalue weighted by molar-refractivity contribution is 4.88. The quantitative estimate of drug-likeness (QED) is 0.700. The van der Waals surface area contributed by atoms with Gasteiger partial charge in [-0.3, -0.25) is 0 Å². The van der Waals surface area contributed by atoms with Gasteiger partial charge in [0.15, 0.2) is 0 Å². The number of hydrogen-bond donors (Lipinski definition) is 1. The zero-order valence-electron chi connectivity index (χ0n) is 9.51. The maximum absolute atomic E-state index is 3.53. The van der Waals surface area contributed by atoms with E-state index in [1.807, 2.05) is 0 Å². The maximum atomic E-state index is 3.53. The molecule has 0 saturated heterocycles. The number of nitrogens with one attached hydrogen (secondary N) is 1. The lowest BCUT2D eigenvalue weighted by atomic mass is 9.78. The molecule has 13 heavy (non-hydrogen) atoms. The van der Waals surface area contributed by atoms with E-state index in [1.54, 1.807) is 0 Å². The second-order valence-electron chi connectivity index (χ2n) is 4.54. The average Bonchev–Trinajstić information content (AvgIpc) is 2.01. The fraction of sp³-hybridized carbons (Fsp3) is 1.00. The van der Waals surface area contributed by atoms with Crippen LogP contribution < -0.4 is 5.32 Å². The van der Waals surface area contributed by atoms with Gasteiger partial charge in [0.25, 0.3) is 0 Å². The second kappa shape index (κ2) is 4.97. The smallest absolute Gasteiger partial charge is 0.0133 e. The van der Waals surface area contributed by atoms with Crippen molar-refractivity contribution >= 4 is 0 Å². The molecule has 0 amide bonds. The van der Waals surface area contributed by atoms with E-state index in [0.717, 1.165) is 12.0 Å². The fourth-order valence-corrected chi connectivity index (χ4v) is 1.99. The van der Waals surface area contributed by atoms with Crippen molar-refractivity contribution in [2.24, 2.45) is 5.92 Å². The first-order valence-corrected chi connectivity index (χ1v) is 5.58. The predicted octanol–water partition coefficient (Wildman–Crippen LogP) is 1.71. The van der Waals surface area contributed by atoms with E-state index >= 15 is 0 Å². The summed E-state index contributed by atoms with van der Waals surface area (Å²) in [6, 6.07) is 1.48. The van der Waals surface area contributed by atoms with E-state index in [1.165, 1.54) is 25.9 Å². The van der Waals surface area contributed by atoms with E-state index in [2.05, 4.69) is 38.0 Å². The molecule has 0 aromatic carbocycles. The Bertz CT molecular complexity index is 145. The molecule has 2 atom stereocenters. The molecule has 1 aliphatic rings. The first-order chi connectivity index (χ1) is 6.15. The summed E-state index contributed by atoms with van der Waals surface area (Å²) in [7, 11) is 2.24. The molecular weight excluding hydrogens is 160 g/mol. The predicted molar refractivity (Wildman–Crippen MR) is 58.0 cm³/mol. The highest BCUT2D eigenvalue weighted by Crippen LogP contribution is 2.30. The van der Waals surface area contributed by atoms with E-state index in [0.29, 0.717) is 6.04 Å². The monoisotopic (exact) mass is 184 g/mol. The third kappa shape index (κ3) is 2.96. The Morgan fingerprint density at radius 1 is 1.38 bits per heavy atom. The van der Waals surface area contributed by atoms with E-state index in [4.69, 9.17) is 0 Å². The van der Waals surface area contributed by atoms with Crippen LogP contribution in [-0.2, 0) is 0 Å². The van der Waals surface area contributed by atoms with Gasteiger partial charge >= 0.3 is 0 Å². The first kappa shape index (κ1) is 11.0. The summed E-state index contributed by atoms with van der Waals surface area (Å²) in [5.41, 5.74) is 0. The zero-order chi connectivity index (χ0) is 9.84. The minimum atomic E-state index is 0.633. The molecule has 1 rings (SSSR count). The molecule has 1 fully saturated rings. The Morgan fingerprint density at radius 3 is 2.46 bits per heavy atom. The van der Waals surface area contributed by atoms with Gasteiger partial charge in [0.05, 0.1) is 0 Å². The Balaban J connectivity index is 2.20. The first-order valence-electron chi connectivity index (χ1n) is 5.58. The second-order valence-corrected chi connectivity index (χ2v) is 4.54. The minimum absolute atomic E-state index is 0.633. The molecular formula is C11H24N2. The fourth-order valence-electron chi connectivity index (χ4n) is 1.99.